The van der Waals surface area contributed by atoms with Gasteiger partial charge in [-0.1, -0.05) is 62.2 Å². The molecule has 0 saturated carbocycles. The van der Waals surface area contributed by atoms with Crippen molar-refractivity contribution in [3.05, 3.63) is 66.6 Å². The molecule has 0 aliphatic rings. The van der Waals surface area contributed by atoms with Gasteiger partial charge in [-0.15, -0.1) is 0 Å². The summed E-state index contributed by atoms with van der Waals surface area (Å²) in [5.41, 5.74) is 2.78. The van der Waals surface area contributed by atoms with E-state index < -0.39 is 0 Å². The Balaban J connectivity index is 1.48. The Kier molecular flexibility index (Phi) is 8.52. The number of hydrogen-bond donors (Lipinski definition) is 2. The number of carbonyl (C=O) groups is 1. The Hall–Kier alpha value is -3.28. The molecule has 3 rings (SSSR count). The second-order valence-corrected chi connectivity index (χ2v) is 7.52. The molecule has 0 spiro atoms. The van der Waals surface area contributed by atoms with Crippen molar-refractivity contribution >= 4 is 11.7 Å². The van der Waals surface area contributed by atoms with Crippen LogP contribution in [0.15, 0.2) is 60.8 Å². The van der Waals surface area contributed by atoms with Crippen LogP contribution in [0.5, 0.6) is 5.75 Å². The molecule has 164 valence electrons. The summed E-state index contributed by atoms with van der Waals surface area (Å²) in [6, 6.07) is 17.5. The highest BCUT2D eigenvalue weighted by molar-refractivity contribution is 5.90. The minimum atomic E-state index is -0.199. The van der Waals surface area contributed by atoms with Gasteiger partial charge in [0.2, 0.25) is 0 Å². The van der Waals surface area contributed by atoms with Crippen molar-refractivity contribution < 1.29 is 9.53 Å². The van der Waals surface area contributed by atoms with Crippen molar-refractivity contribution in [2.75, 3.05) is 18.5 Å². The molecular weight excluding hydrogens is 388 g/mol. The van der Waals surface area contributed by atoms with Crippen molar-refractivity contribution in [2.45, 2.75) is 46.1 Å². The Morgan fingerprint density at radius 3 is 2.61 bits per heavy atom. The summed E-state index contributed by atoms with van der Waals surface area (Å²) in [4.78, 5) is 16.8. The van der Waals surface area contributed by atoms with Gasteiger partial charge in [0, 0.05) is 24.8 Å². The van der Waals surface area contributed by atoms with Crippen LogP contribution in [0.3, 0.4) is 0 Å². The van der Waals surface area contributed by atoms with E-state index in [1.165, 1.54) is 0 Å². The van der Waals surface area contributed by atoms with Crippen LogP contribution in [0.2, 0.25) is 0 Å². The lowest BCUT2D eigenvalue weighted by molar-refractivity contribution is 0.251. The Morgan fingerprint density at radius 1 is 1.03 bits per heavy atom. The lowest BCUT2D eigenvalue weighted by Crippen LogP contribution is -2.29. The second kappa shape index (κ2) is 11.8. The van der Waals surface area contributed by atoms with E-state index in [2.05, 4.69) is 45.4 Å². The minimum absolute atomic E-state index is 0.199. The number of urea groups is 1. The molecule has 2 N–H and O–H groups in total. The van der Waals surface area contributed by atoms with Gasteiger partial charge in [-0.25, -0.2) is 9.78 Å². The molecule has 1 aromatic heterocycles. The van der Waals surface area contributed by atoms with E-state index in [9.17, 15) is 4.79 Å². The predicted octanol–water partition coefficient (Wildman–Crippen LogP) is 5.64. The Labute approximate surface area is 184 Å². The standard InChI is InChI=1S/C25H32N4O2/c1-3-4-10-16-26-25(30)28-22-14-8-9-15-24(22)31-18-11-17-29-19-23(27-20(29)2)21-12-6-5-7-13-21/h5-9,12-15,19H,3-4,10-11,16-18H2,1-2H3,(H2,26,28,30). The fourth-order valence-corrected chi connectivity index (χ4v) is 3.34. The van der Waals surface area contributed by atoms with Gasteiger partial charge < -0.3 is 19.9 Å². The Morgan fingerprint density at radius 2 is 1.81 bits per heavy atom. The molecule has 2 amide bonds. The summed E-state index contributed by atoms with van der Waals surface area (Å²) in [6.45, 7) is 6.21. The van der Waals surface area contributed by atoms with Gasteiger partial charge in [0.05, 0.1) is 18.0 Å². The van der Waals surface area contributed by atoms with Crippen LogP contribution in [0.25, 0.3) is 11.3 Å². The van der Waals surface area contributed by atoms with E-state index in [0.717, 1.165) is 49.3 Å². The van der Waals surface area contributed by atoms with E-state index in [1.54, 1.807) is 0 Å². The molecule has 2 aromatic carbocycles. The summed E-state index contributed by atoms with van der Waals surface area (Å²) in [5.74, 6) is 1.67. The molecule has 0 saturated heterocycles. The number of hydrogen-bond acceptors (Lipinski definition) is 3. The van der Waals surface area contributed by atoms with Gasteiger partial charge in [0.1, 0.15) is 11.6 Å². The maximum Gasteiger partial charge on any atom is 0.319 e. The van der Waals surface area contributed by atoms with Crippen molar-refractivity contribution in [3.63, 3.8) is 0 Å². The number of amides is 2. The highest BCUT2D eigenvalue weighted by Crippen LogP contribution is 2.24. The third-order valence-electron chi connectivity index (χ3n) is 5.05. The maximum atomic E-state index is 12.1. The van der Waals surface area contributed by atoms with Crippen molar-refractivity contribution in [2.24, 2.45) is 0 Å². The zero-order valence-electron chi connectivity index (χ0n) is 18.4. The number of para-hydroxylation sites is 2. The third kappa shape index (κ3) is 6.88. The van der Waals surface area contributed by atoms with Gasteiger partial charge in [-0.2, -0.15) is 0 Å². The van der Waals surface area contributed by atoms with Crippen LogP contribution >= 0.6 is 0 Å². The number of aryl methyl sites for hydroxylation is 2. The van der Waals surface area contributed by atoms with Gasteiger partial charge >= 0.3 is 6.03 Å². The van der Waals surface area contributed by atoms with E-state index >= 15 is 0 Å². The lowest BCUT2D eigenvalue weighted by atomic mass is 10.2. The molecular formula is C25H32N4O2. The number of aromatic nitrogens is 2. The molecule has 0 aliphatic carbocycles. The van der Waals surface area contributed by atoms with E-state index in [-0.39, 0.29) is 6.03 Å². The zero-order valence-corrected chi connectivity index (χ0v) is 18.4. The highest BCUT2D eigenvalue weighted by atomic mass is 16.5. The molecule has 31 heavy (non-hydrogen) atoms. The maximum absolute atomic E-state index is 12.1. The summed E-state index contributed by atoms with van der Waals surface area (Å²) >= 11 is 0. The molecule has 0 fully saturated rings. The van der Waals surface area contributed by atoms with E-state index in [0.29, 0.717) is 24.6 Å². The molecule has 6 heteroatoms. The minimum Gasteiger partial charge on any atom is -0.491 e. The number of anilines is 1. The summed E-state index contributed by atoms with van der Waals surface area (Å²) in [7, 11) is 0. The monoisotopic (exact) mass is 420 g/mol. The first-order valence-corrected chi connectivity index (χ1v) is 11.0. The highest BCUT2D eigenvalue weighted by Gasteiger charge is 2.08. The fourth-order valence-electron chi connectivity index (χ4n) is 3.34. The van der Waals surface area contributed by atoms with Crippen LogP contribution in [0.1, 0.15) is 38.4 Å². The quantitative estimate of drug-likeness (QED) is 0.395. The number of nitrogens with zero attached hydrogens (tertiary/aromatic N) is 2. The first-order valence-electron chi connectivity index (χ1n) is 11.0. The average molecular weight is 421 g/mol. The normalized spacial score (nSPS) is 10.6. The van der Waals surface area contributed by atoms with Gasteiger partial charge in [0.25, 0.3) is 0 Å². The molecule has 0 aliphatic heterocycles. The van der Waals surface area contributed by atoms with Gasteiger partial charge in [-0.3, -0.25) is 0 Å². The van der Waals surface area contributed by atoms with Crippen LogP contribution in [0.4, 0.5) is 10.5 Å². The van der Waals surface area contributed by atoms with Crippen LogP contribution < -0.4 is 15.4 Å². The smallest absolute Gasteiger partial charge is 0.319 e. The molecule has 6 nitrogen and oxygen atoms in total. The van der Waals surface area contributed by atoms with Crippen molar-refractivity contribution in [1.29, 1.82) is 0 Å². The average Bonchev–Trinajstić information content (AvgIpc) is 3.16. The molecule has 0 unspecified atom stereocenters. The number of unbranched alkanes of at least 4 members (excludes halogenated alkanes) is 2. The van der Waals surface area contributed by atoms with Crippen LogP contribution in [0, 0.1) is 6.92 Å². The third-order valence-corrected chi connectivity index (χ3v) is 5.05. The molecule has 0 atom stereocenters. The summed E-state index contributed by atoms with van der Waals surface area (Å²) in [5, 5.41) is 5.77. The number of ether oxygens (including phenoxy) is 1. The first-order chi connectivity index (χ1) is 15.2. The lowest BCUT2D eigenvalue weighted by Gasteiger charge is -2.13. The number of nitrogens with one attached hydrogen (secondary N) is 2. The van der Waals surface area contributed by atoms with E-state index in [1.807, 2.05) is 49.4 Å². The number of imidazole rings is 1. The van der Waals surface area contributed by atoms with Crippen LogP contribution in [-0.2, 0) is 6.54 Å². The number of carbonyl (C=O) groups excluding carboxylic acids is 1. The molecule has 3 aromatic rings. The SMILES string of the molecule is CCCCCNC(=O)Nc1ccccc1OCCCn1cc(-c2ccccc2)nc1C. The van der Waals surface area contributed by atoms with Crippen LogP contribution in [-0.4, -0.2) is 28.7 Å². The predicted molar refractivity (Wildman–Crippen MR) is 126 cm³/mol. The first kappa shape index (κ1) is 22.4. The van der Waals surface area contributed by atoms with Gasteiger partial charge in [-0.05, 0) is 31.9 Å². The second-order valence-electron chi connectivity index (χ2n) is 7.52. The molecule has 0 bridgehead atoms. The topological polar surface area (TPSA) is 68.2 Å². The van der Waals surface area contributed by atoms with Crippen molar-refractivity contribution in [1.82, 2.24) is 14.9 Å². The molecule has 1 heterocycles. The Bertz CT molecular complexity index is 953. The zero-order chi connectivity index (χ0) is 21.9. The van der Waals surface area contributed by atoms with Gasteiger partial charge in [0.15, 0.2) is 0 Å². The summed E-state index contributed by atoms with van der Waals surface area (Å²) in [6.07, 6.45) is 6.16. The number of rotatable bonds is 11. The van der Waals surface area contributed by atoms with Crippen molar-refractivity contribution in [3.8, 4) is 17.0 Å². The molecule has 0 radical (unpaired) electrons. The number of benzene rings is 2. The fraction of sp³-hybridized carbons (Fsp3) is 0.360. The van der Waals surface area contributed by atoms with E-state index in [4.69, 9.17) is 4.74 Å². The largest absolute Gasteiger partial charge is 0.491 e. The summed E-state index contributed by atoms with van der Waals surface area (Å²) < 4.78 is 8.11.